The van der Waals surface area contributed by atoms with Gasteiger partial charge in [-0.3, -0.25) is 4.79 Å². The highest BCUT2D eigenvalue weighted by Crippen LogP contribution is 2.23. The smallest absolute Gasteiger partial charge is 0.352 e. The van der Waals surface area contributed by atoms with Crippen molar-refractivity contribution in [3.05, 3.63) is 35.5 Å². The minimum Gasteiger partial charge on any atom is -0.477 e. The number of carbonyl (C=O) groups excluding carboxylic acids is 1. The van der Waals surface area contributed by atoms with E-state index in [1.165, 1.54) is 0 Å². The first kappa shape index (κ1) is 19.0. The van der Waals surface area contributed by atoms with E-state index in [-0.39, 0.29) is 18.0 Å². The Morgan fingerprint density at radius 1 is 1.20 bits per heavy atom. The largest absolute Gasteiger partial charge is 0.477 e. The number of amides is 1. The molecule has 1 aromatic carbocycles. The first-order valence-electron chi connectivity index (χ1n) is 8.88. The summed E-state index contributed by atoms with van der Waals surface area (Å²) >= 11 is 0. The number of benzene rings is 1. The number of unbranched alkanes of at least 4 members (excludes halogenated alkanes) is 1. The number of carbonyl (C=O) groups is 2. The van der Waals surface area contributed by atoms with E-state index in [1.54, 1.807) is 0 Å². The lowest BCUT2D eigenvalue weighted by molar-refractivity contribution is -0.120. The zero-order valence-electron chi connectivity index (χ0n) is 15.0. The number of carboxylic acid groups (broad SMARTS) is 1. The molecule has 2 aromatic rings. The molecule has 0 bridgehead atoms. The van der Waals surface area contributed by atoms with Gasteiger partial charge in [-0.2, -0.15) is 0 Å². The lowest BCUT2D eigenvalue weighted by Crippen LogP contribution is -2.36. The van der Waals surface area contributed by atoms with Crippen LogP contribution in [0.4, 0.5) is 0 Å². The number of para-hydroxylation sites is 1. The van der Waals surface area contributed by atoms with E-state index in [2.05, 4.69) is 29.0 Å². The number of aromatic nitrogens is 1. The van der Waals surface area contributed by atoms with E-state index in [4.69, 9.17) is 0 Å². The molecule has 2 rings (SSSR count). The molecule has 6 nitrogen and oxygen atoms in total. The molecule has 0 aliphatic rings. The van der Waals surface area contributed by atoms with Gasteiger partial charge >= 0.3 is 5.97 Å². The van der Waals surface area contributed by atoms with Crippen molar-refractivity contribution in [2.75, 3.05) is 26.2 Å². The number of fused-ring (bicyclic) bond motifs is 1. The van der Waals surface area contributed by atoms with Crippen LogP contribution in [-0.4, -0.2) is 53.0 Å². The van der Waals surface area contributed by atoms with Crippen LogP contribution in [0.3, 0.4) is 0 Å². The highest BCUT2D eigenvalue weighted by molar-refractivity contribution is 5.99. The summed E-state index contributed by atoms with van der Waals surface area (Å²) in [6.45, 7) is 7.65. The van der Waals surface area contributed by atoms with E-state index in [0.717, 1.165) is 43.4 Å². The molecule has 0 saturated heterocycles. The molecular formula is C19H27N3O3. The van der Waals surface area contributed by atoms with Gasteiger partial charge in [0.2, 0.25) is 5.91 Å². The van der Waals surface area contributed by atoms with Gasteiger partial charge < -0.3 is 20.3 Å². The molecule has 136 valence electrons. The molecule has 1 heterocycles. The molecule has 0 radical (unpaired) electrons. The van der Waals surface area contributed by atoms with Crippen molar-refractivity contribution in [1.29, 1.82) is 0 Å². The van der Waals surface area contributed by atoms with Gasteiger partial charge in [0.05, 0.1) is 6.42 Å². The number of likely N-dealkylation sites (N-methyl/N-ethyl adjacent to an activating group) is 1. The second-order valence-electron chi connectivity index (χ2n) is 6.14. The Labute approximate surface area is 148 Å². The summed E-state index contributed by atoms with van der Waals surface area (Å²) in [5.41, 5.74) is 1.37. The second-order valence-corrected chi connectivity index (χ2v) is 6.14. The summed E-state index contributed by atoms with van der Waals surface area (Å²) in [4.78, 5) is 28.9. The molecule has 0 aliphatic heterocycles. The summed E-state index contributed by atoms with van der Waals surface area (Å²) in [6.07, 6.45) is 2.37. The minimum atomic E-state index is -1.05. The maximum absolute atomic E-state index is 12.3. The Kier molecular flexibility index (Phi) is 7.01. The highest BCUT2D eigenvalue weighted by Gasteiger charge is 2.19. The van der Waals surface area contributed by atoms with Crippen molar-refractivity contribution in [1.82, 2.24) is 15.2 Å². The maximum atomic E-state index is 12.3. The number of hydrogen-bond acceptors (Lipinski definition) is 3. The van der Waals surface area contributed by atoms with Crippen LogP contribution in [0.2, 0.25) is 0 Å². The van der Waals surface area contributed by atoms with Crippen molar-refractivity contribution in [3.63, 3.8) is 0 Å². The SMILES string of the molecule is CCCCN(CC)CCNC(=O)Cc1c(C(=O)O)[nH]c2ccccc12. The molecular weight excluding hydrogens is 318 g/mol. The molecule has 6 heteroatoms. The normalized spacial score (nSPS) is 11.2. The predicted molar refractivity (Wildman–Crippen MR) is 99.0 cm³/mol. The number of aromatic carboxylic acids is 1. The third-order valence-electron chi connectivity index (χ3n) is 4.39. The van der Waals surface area contributed by atoms with E-state index in [9.17, 15) is 14.7 Å². The van der Waals surface area contributed by atoms with Gasteiger partial charge in [-0.05, 0) is 25.6 Å². The van der Waals surface area contributed by atoms with Crippen LogP contribution in [-0.2, 0) is 11.2 Å². The van der Waals surface area contributed by atoms with E-state index < -0.39 is 5.97 Å². The van der Waals surface area contributed by atoms with Crippen LogP contribution < -0.4 is 5.32 Å². The number of rotatable bonds is 10. The van der Waals surface area contributed by atoms with Crippen LogP contribution in [0, 0.1) is 0 Å². The number of hydrogen-bond donors (Lipinski definition) is 3. The number of nitrogens with zero attached hydrogens (tertiary/aromatic N) is 1. The third kappa shape index (κ3) is 5.06. The lowest BCUT2D eigenvalue weighted by Gasteiger charge is -2.20. The quantitative estimate of drug-likeness (QED) is 0.618. The topological polar surface area (TPSA) is 85.4 Å². The minimum absolute atomic E-state index is 0.0622. The zero-order valence-corrected chi connectivity index (χ0v) is 15.0. The monoisotopic (exact) mass is 345 g/mol. The first-order valence-corrected chi connectivity index (χ1v) is 8.88. The molecule has 0 atom stereocenters. The van der Waals surface area contributed by atoms with Crippen LogP contribution >= 0.6 is 0 Å². The summed E-state index contributed by atoms with van der Waals surface area (Å²) in [6, 6.07) is 7.33. The maximum Gasteiger partial charge on any atom is 0.352 e. The molecule has 0 fully saturated rings. The molecule has 1 aromatic heterocycles. The Balaban J connectivity index is 1.97. The van der Waals surface area contributed by atoms with Crippen molar-refractivity contribution in [2.45, 2.75) is 33.1 Å². The average Bonchev–Trinajstić information content (AvgIpc) is 2.97. The average molecular weight is 345 g/mol. The summed E-state index contributed by atoms with van der Waals surface area (Å²) in [5.74, 6) is -1.20. The second kappa shape index (κ2) is 9.22. The van der Waals surface area contributed by atoms with Gasteiger partial charge in [-0.15, -0.1) is 0 Å². The molecule has 0 unspecified atom stereocenters. The predicted octanol–water partition coefficient (Wildman–Crippen LogP) is 2.65. The number of nitrogens with one attached hydrogen (secondary N) is 2. The molecule has 1 amide bonds. The van der Waals surface area contributed by atoms with Crippen LogP contribution in [0.5, 0.6) is 0 Å². The first-order chi connectivity index (χ1) is 12.1. The Morgan fingerprint density at radius 2 is 1.96 bits per heavy atom. The summed E-state index contributed by atoms with van der Waals surface area (Å²) in [7, 11) is 0. The number of H-pyrrole nitrogens is 1. The third-order valence-corrected chi connectivity index (χ3v) is 4.39. The Bertz CT molecular complexity index is 724. The van der Waals surface area contributed by atoms with Crippen LogP contribution in [0.25, 0.3) is 10.9 Å². The van der Waals surface area contributed by atoms with Gasteiger partial charge in [0.1, 0.15) is 5.69 Å². The Morgan fingerprint density at radius 3 is 2.64 bits per heavy atom. The van der Waals surface area contributed by atoms with Crippen LogP contribution in [0.1, 0.15) is 42.7 Å². The van der Waals surface area contributed by atoms with Gasteiger partial charge in [0, 0.05) is 29.6 Å². The fourth-order valence-corrected chi connectivity index (χ4v) is 2.95. The highest BCUT2D eigenvalue weighted by atomic mass is 16.4. The van der Waals surface area contributed by atoms with Crippen molar-refractivity contribution in [3.8, 4) is 0 Å². The molecule has 0 aliphatic carbocycles. The van der Waals surface area contributed by atoms with E-state index >= 15 is 0 Å². The van der Waals surface area contributed by atoms with Crippen molar-refractivity contribution >= 4 is 22.8 Å². The fraction of sp³-hybridized carbons (Fsp3) is 0.474. The molecule has 0 spiro atoms. The van der Waals surface area contributed by atoms with Crippen molar-refractivity contribution < 1.29 is 14.7 Å². The van der Waals surface area contributed by atoms with Gasteiger partial charge in [0.15, 0.2) is 0 Å². The van der Waals surface area contributed by atoms with Gasteiger partial charge in [-0.1, -0.05) is 38.5 Å². The Hall–Kier alpha value is -2.34. The van der Waals surface area contributed by atoms with Crippen molar-refractivity contribution in [2.24, 2.45) is 0 Å². The number of aromatic amines is 1. The van der Waals surface area contributed by atoms with E-state index in [1.807, 2.05) is 24.3 Å². The lowest BCUT2D eigenvalue weighted by atomic mass is 10.1. The summed E-state index contributed by atoms with van der Waals surface area (Å²) < 4.78 is 0. The fourth-order valence-electron chi connectivity index (χ4n) is 2.95. The number of carboxylic acids is 1. The zero-order chi connectivity index (χ0) is 18.2. The molecule has 3 N–H and O–H groups in total. The van der Waals surface area contributed by atoms with E-state index in [0.29, 0.717) is 12.1 Å². The molecule has 25 heavy (non-hydrogen) atoms. The van der Waals surface area contributed by atoms with Gasteiger partial charge in [0.25, 0.3) is 0 Å². The summed E-state index contributed by atoms with van der Waals surface area (Å²) in [5, 5.41) is 13.1. The molecule has 0 saturated carbocycles. The standard InChI is InChI=1S/C19H27N3O3/c1-3-5-11-22(4-2)12-10-20-17(23)13-15-14-8-6-7-9-16(14)21-18(15)19(24)25/h6-9,21H,3-5,10-13H2,1-2H3,(H,20,23)(H,24,25). The van der Waals surface area contributed by atoms with Gasteiger partial charge in [-0.25, -0.2) is 4.79 Å². The van der Waals surface area contributed by atoms with Crippen LogP contribution in [0.15, 0.2) is 24.3 Å².